The summed E-state index contributed by atoms with van der Waals surface area (Å²) in [6, 6.07) is 7.68. The number of carbonyl (C=O) groups excluding carboxylic acids is 4. The SMILES string of the molecule is CC(C)N1C/C=C\CCC(=O)N(C)[C@H](C)[C@@H](c2ccccc2)OC(=O)[C@@H]2[C@H]3O[C@@]4(C=C3Br)[C@H](C1=O)N(CCCCCCO)C(=O)[C@@H]24. The maximum Gasteiger partial charge on any atom is 0.313 e. The molecule has 0 aromatic heterocycles. The quantitative estimate of drug-likeness (QED) is 0.247. The van der Waals surface area contributed by atoms with E-state index in [9.17, 15) is 24.3 Å². The average molecular weight is 701 g/mol. The van der Waals surface area contributed by atoms with Crippen molar-refractivity contribution in [1.82, 2.24) is 14.7 Å². The first-order valence-electron chi connectivity index (χ1n) is 16.5. The lowest BCUT2D eigenvalue weighted by Gasteiger charge is -2.37. The van der Waals surface area contributed by atoms with Crippen molar-refractivity contribution in [2.24, 2.45) is 11.8 Å². The van der Waals surface area contributed by atoms with Gasteiger partial charge in [0.2, 0.25) is 17.7 Å². The molecule has 11 heteroatoms. The Balaban J connectivity index is 1.58. The summed E-state index contributed by atoms with van der Waals surface area (Å²) < 4.78 is 13.5. The van der Waals surface area contributed by atoms with Crippen molar-refractivity contribution in [2.45, 2.75) is 95.2 Å². The van der Waals surface area contributed by atoms with Crippen LogP contribution in [0.5, 0.6) is 0 Å². The van der Waals surface area contributed by atoms with E-state index in [4.69, 9.17) is 9.47 Å². The van der Waals surface area contributed by atoms with Gasteiger partial charge in [-0.3, -0.25) is 19.2 Å². The first-order chi connectivity index (χ1) is 22.0. The molecule has 4 heterocycles. The second-order valence-corrected chi connectivity index (χ2v) is 14.0. The monoisotopic (exact) mass is 699 g/mol. The number of aliphatic hydroxyl groups is 1. The van der Waals surface area contributed by atoms with Gasteiger partial charge in [-0.1, -0.05) is 71.3 Å². The van der Waals surface area contributed by atoms with Gasteiger partial charge in [-0.15, -0.1) is 0 Å². The molecule has 3 amide bonds. The fourth-order valence-corrected chi connectivity index (χ4v) is 8.11. The molecule has 4 aliphatic heterocycles. The molecule has 1 N–H and O–H groups in total. The van der Waals surface area contributed by atoms with Crippen LogP contribution in [0, 0.1) is 11.8 Å². The van der Waals surface area contributed by atoms with Crippen LogP contribution in [0.25, 0.3) is 0 Å². The van der Waals surface area contributed by atoms with Gasteiger partial charge in [0, 0.05) is 43.7 Å². The lowest BCUT2D eigenvalue weighted by atomic mass is 9.74. The number of aliphatic hydroxyl groups excluding tert-OH is 1. The van der Waals surface area contributed by atoms with Gasteiger partial charge in [0.1, 0.15) is 29.8 Å². The average Bonchev–Trinajstić information content (AvgIpc) is 3.63. The molecule has 0 unspecified atom stereocenters. The van der Waals surface area contributed by atoms with Crippen LogP contribution in [0.1, 0.15) is 71.0 Å². The molecule has 5 bridgehead atoms. The lowest BCUT2D eigenvalue weighted by Crippen LogP contribution is -2.57. The van der Waals surface area contributed by atoms with Crippen LogP contribution in [-0.2, 0) is 28.7 Å². The van der Waals surface area contributed by atoms with Crippen molar-refractivity contribution in [3.63, 3.8) is 0 Å². The fourth-order valence-electron chi connectivity index (χ4n) is 7.38. The summed E-state index contributed by atoms with van der Waals surface area (Å²) >= 11 is 3.62. The topological polar surface area (TPSA) is 117 Å². The summed E-state index contributed by atoms with van der Waals surface area (Å²) in [5.74, 6) is -3.15. The number of amides is 3. The molecule has 250 valence electrons. The van der Waals surface area contributed by atoms with E-state index in [0.717, 1.165) is 18.4 Å². The summed E-state index contributed by atoms with van der Waals surface area (Å²) in [6.45, 7) is 6.47. The fraction of sp³-hybridized carbons (Fsp3) is 0.600. The molecule has 5 rings (SSSR count). The number of hydrogen-bond acceptors (Lipinski definition) is 7. The minimum Gasteiger partial charge on any atom is -0.455 e. The van der Waals surface area contributed by atoms with Gasteiger partial charge in [0.25, 0.3) is 0 Å². The van der Waals surface area contributed by atoms with E-state index in [2.05, 4.69) is 15.9 Å². The maximum atomic E-state index is 14.6. The summed E-state index contributed by atoms with van der Waals surface area (Å²) in [6.07, 6.45) is 7.75. The molecule has 1 aromatic rings. The Kier molecular flexibility index (Phi) is 10.7. The van der Waals surface area contributed by atoms with Crippen LogP contribution < -0.4 is 0 Å². The van der Waals surface area contributed by atoms with E-state index in [1.165, 1.54) is 0 Å². The normalized spacial score (nSPS) is 32.7. The number of halogens is 1. The van der Waals surface area contributed by atoms with Crippen molar-refractivity contribution >= 4 is 39.6 Å². The molecule has 1 aromatic carbocycles. The molecule has 0 aliphatic carbocycles. The second kappa shape index (κ2) is 14.4. The van der Waals surface area contributed by atoms with Crippen molar-refractivity contribution in [1.29, 1.82) is 0 Å². The van der Waals surface area contributed by atoms with E-state index >= 15 is 0 Å². The zero-order valence-corrected chi connectivity index (χ0v) is 28.7. The molecule has 4 aliphatic rings. The highest BCUT2D eigenvalue weighted by atomic mass is 79.9. The number of ether oxygens (including phenoxy) is 2. The first-order valence-corrected chi connectivity index (χ1v) is 17.3. The van der Waals surface area contributed by atoms with E-state index in [-0.39, 0.29) is 36.8 Å². The number of carbonyl (C=O) groups is 4. The molecule has 0 saturated carbocycles. The molecular weight excluding hydrogens is 654 g/mol. The summed E-state index contributed by atoms with van der Waals surface area (Å²) in [5.41, 5.74) is -0.602. The highest BCUT2D eigenvalue weighted by Gasteiger charge is 2.75. The van der Waals surface area contributed by atoms with Gasteiger partial charge in [-0.2, -0.15) is 0 Å². The number of cyclic esters (lactones) is 1. The Morgan fingerprint density at radius 1 is 1.00 bits per heavy atom. The number of unbranched alkanes of at least 4 members (excludes halogenated alkanes) is 3. The van der Waals surface area contributed by atoms with Crippen molar-refractivity contribution < 1.29 is 33.8 Å². The van der Waals surface area contributed by atoms with Crippen LogP contribution in [0.2, 0.25) is 0 Å². The van der Waals surface area contributed by atoms with E-state index in [1.807, 2.05) is 69.3 Å². The Morgan fingerprint density at radius 2 is 1.72 bits per heavy atom. The predicted molar refractivity (Wildman–Crippen MR) is 175 cm³/mol. The number of nitrogens with zero attached hydrogens (tertiary/aromatic N) is 3. The van der Waals surface area contributed by atoms with Gasteiger partial charge >= 0.3 is 5.97 Å². The lowest BCUT2D eigenvalue weighted by molar-refractivity contribution is -0.164. The van der Waals surface area contributed by atoms with Crippen LogP contribution >= 0.6 is 15.9 Å². The third-order valence-corrected chi connectivity index (χ3v) is 10.6. The highest BCUT2D eigenvalue weighted by Crippen LogP contribution is 2.59. The van der Waals surface area contributed by atoms with Gasteiger partial charge in [-0.05, 0) is 51.7 Å². The minimum atomic E-state index is -1.34. The van der Waals surface area contributed by atoms with E-state index < -0.39 is 47.7 Å². The Morgan fingerprint density at radius 3 is 2.41 bits per heavy atom. The number of allylic oxidation sites excluding steroid dienone is 1. The number of benzene rings is 1. The van der Waals surface area contributed by atoms with Crippen LogP contribution in [0.3, 0.4) is 0 Å². The molecular formula is C35H46BrN3O7. The zero-order valence-electron chi connectivity index (χ0n) is 27.1. The van der Waals surface area contributed by atoms with Crippen LogP contribution in [-0.4, -0.2) is 100 Å². The summed E-state index contributed by atoms with van der Waals surface area (Å²) in [4.78, 5) is 61.6. The zero-order chi connectivity index (χ0) is 33.2. The van der Waals surface area contributed by atoms with Crippen LogP contribution in [0.4, 0.5) is 0 Å². The minimum absolute atomic E-state index is 0.0907. The second-order valence-electron chi connectivity index (χ2n) is 13.1. The summed E-state index contributed by atoms with van der Waals surface area (Å²) in [5, 5.41) is 9.23. The number of likely N-dealkylation sites (tertiary alicyclic amines) is 1. The predicted octanol–water partition coefficient (Wildman–Crippen LogP) is 4.13. The number of esters is 1. The Labute approximate surface area is 279 Å². The number of rotatable bonds is 8. The van der Waals surface area contributed by atoms with Gasteiger partial charge in [-0.25, -0.2) is 0 Å². The Hall–Kier alpha value is -3.02. The maximum absolute atomic E-state index is 14.6. The molecule has 7 atom stereocenters. The number of hydrogen-bond donors (Lipinski definition) is 1. The smallest absolute Gasteiger partial charge is 0.313 e. The van der Waals surface area contributed by atoms with Gasteiger partial charge in [0.15, 0.2) is 0 Å². The number of fused-ring (bicyclic) bond motifs is 2. The van der Waals surface area contributed by atoms with Gasteiger partial charge in [0.05, 0.1) is 12.0 Å². The molecule has 46 heavy (non-hydrogen) atoms. The number of likely N-dealkylation sites (N-methyl/N-ethyl adjacent to an activating group) is 1. The molecule has 1 spiro atoms. The Bertz CT molecular complexity index is 1370. The van der Waals surface area contributed by atoms with Crippen molar-refractivity contribution in [3.05, 3.63) is 58.6 Å². The van der Waals surface area contributed by atoms with Crippen molar-refractivity contribution in [3.8, 4) is 0 Å². The molecule has 0 radical (unpaired) electrons. The largest absolute Gasteiger partial charge is 0.455 e. The van der Waals surface area contributed by atoms with Crippen molar-refractivity contribution in [2.75, 3.05) is 26.7 Å². The van der Waals surface area contributed by atoms with Gasteiger partial charge < -0.3 is 29.3 Å². The summed E-state index contributed by atoms with van der Waals surface area (Å²) in [7, 11) is 1.71. The molecule has 10 nitrogen and oxygen atoms in total. The highest BCUT2D eigenvalue weighted by molar-refractivity contribution is 9.11. The van der Waals surface area contributed by atoms with Crippen LogP contribution in [0.15, 0.2) is 53.0 Å². The molecule has 2 saturated heterocycles. The standard InChI is InChI=1S/C35H46BrN3O7/c1-22(2)38-18-13-8-11-17-26(41)37(4)23(3)29(24-15-9-7-10-16-24)45-34(44)27-28-32(42)39(19-12-5-6-14-20-40)31(33(38)43)35(28)21-25(36)30(27)46-35/h7-10,13,15-16,21-23,27-31,40H,5-6,11-12,14,17-20H2,1-4H3/b13-8-/t23-,27+,28-,29+,30+,31+,35-/m1/s1. The third-order valence-electron chi connectivity index (χ3n) is 9.95. The molecule has 2 fully saturated rings. The third kappa shape index (κ3) is 6.30. The van der Waals surface area contributed by atoms with E-state index in [1.54, 1.807) is 21.7 Å². The first kappa shape index (κ1) is 34.3. The van der Waals surface area contributed by atoms with E-state index in [0.29, 0.717) is 36.8 Å².